The van der Waals surface area contributed by atoms with E-state index in [2.05, 4.69) is 10.2 Å². The van der Waals surface area contributed by atoms with E-state index in [1.807, 2.05) is 24.3 Å². The summed E-state index contributed by atoms with van der Waals surface area (Å²) >= 11 is 11.9. The number of piperidine rings is 1. The Labute approximate surface area is 174 Å². The molecule has 3 N–H and O–H groups in total. The number of rotatable bonds is 6. The number of nitrogens with one attached hydrogen (secondary N) is 1. The maximum atomic E-state index is 12.2. The first-order chi connectivity index (χ1) is 13.4. The van der Waals surface area contributed by atoms with Crippen LogP contribution in [0.4, 0.5) is 5.69 Å². The maximum absolute atomic E-state index is 12.2. The number of nitrogens with zero attached hydrogens (tertiary/aromatic N) is 1. The number of halogens is 2. The highest BCUT2D eigenvalue weighted by Crippen LogP contribution is 2.23. The van der Waals surface area contributed by atoms with E-state index >= 15 is 0 Å². The van der Waals surface area contributed by atoms with Crippen LogP contribution >= 0.6 is 23.2 Å². The molecule has 0 aliphatic carbocycles. The number of hydrogen-bond donors (Lipinski definition) is 2. The van der Waals surface area contributed by atoms with E-state index in [0.717, 1.165) is 42.7 Å². The highest BCUT2D eigenvalue weighted by atomic mass is 35.5. The lowest BCUT2D eigenvalue weighted by Crippen LogP contribution is -2.40. The van der Waals surface area contributed by atoms with Gasteiger partial charge in [0.2, 0.25) is 11.8 Å². The van der Waals surface area contributed by atoms with Crippen molar-refractivity contribution in [1.29, 1.82) is 0 Å². The SMILES string of the molecule is NC(=O)C1CCCN(Cc2ccc(NC(=O)Cc3ccc(Cl)c(Cl)c3)cc2)C1. The molecule has 2 aromatic carbocycles. The summed E-state index contributed by atoms with van der Waals surface area (Å²) < 4.78 is 0. The number of carbonyl (C=O) groups is 2. The predicted octanol–water partition coefficient (Wildman–Crippen LogP) is 3.87. The zero-order valence-corrected chi connectivity index (χ0v) is 17.0. The van der Waals surface area contributed by atoms with Crippen LogP contribution in [0, 0.1) is 5.92 Å². The summed E-state index contributed by atoms with van der Waals surface area (Å²) in [4.78, 5) is 25.9. The fourth-order valence-electron chi connectivity index (χ4n) is 3.42. The quantitative estimate of drug-likeness (QED) is 0.745. The second-order valence-corrected chi connectivity index (χ2v) is 7.96. The smallest absolute Gasteiger partial charge is 0.228 e. The highest BCUT2D eigenvalue weighted by molar-refractivity contribution is 6.42. The first kappa shape index (κ1) is 20.6. The van der Waals surface area contributed by atoms with Crippen LogP contribution in [0.25, 0.3) is 0 Å². The molecule has 28 heavy (non-hydrogen) atoms. The number of likely N-dealkylation sites (tertiary alicyclic amines) is 1. The zero-order chi connectivity index (χ0) is 20.1. The van der Waals surface area contributed by atoms with Crippen LogP contribution in [0.15, 0.2) is 42.5 Å². The van der Waals surface area contributed by atoms with Gasteiger partial charge in [-0.2, -0.15) is 0 Å². The van der Waals surface area contributed by atoms with Gasteiger partial charge in [0.1, 0.15) is 0 Å². The summed E-state index contributed by atoms with van der Waals surface area (Å²) in [5.74, 6) is -0.398. The number of carbonyl (C=O) groups excluding carboxylic acids is 2. The van der Waals surface area contributed by atoms with Gasteiger partial charge >= 0.3 is 0 Å². The zero-order valence-electron chi connectivity index (χ0n) is 15.5. The Morgan fingerprint density at radius 2 is 1.79 bits per heavy atom. The molecule has 148 valence electrons. The molecule has 7 heteroatoms. The van der Waals surface area contributed by atoms with E-state index in [1.54, 1.807) is 18.2 Å². The fourth-order valence-corrected chi connectivity index (χ4v) is 3.74. The van der Waals surface area contributed by atoms with Gasteiger partial charge < -0.3 is 11.1 Å². The van der Waals surface area contributed by atoms with Gasteiger partial charge in [-0.05, 0) is 54.8 Å². The Morgan fingerprint density at radius 1 is 1.07 bits per heavy atom. The first-order valence-electron chi connectivity index (χ1n) is 9.25. The van der Waals surface area contributed by atoms with Crippen molar-refractivity contribution in [3.8, 4) is 0 Å². The van der Waals surface area contributed by atoms with Crippen LogP contribution in [0.3, 0.4) is 0 Å². The van der Waals surface area contributed by atoms with Crippen molar-refractivity contribution in [3.63, 3.8) is 0 Å². The highest BCUT2D eigenvalue weighted by Gasteiger charge is 2.23. The minimum Gasteiger partial charge on any atom is -0.369 e. The van der Waals surface area contributed by atoms with Crippen LogP contribution in [-0.4, -0.2) is 29.8 Å². The van der Waals surface area contributed by atoms with Crippen molar-refractivity contribution < 1.29 is 9.59 Å². The molecule has 2 amide bonds. The molecular formula is C21H23Cl2N3O2. The van der Waals surface area contributed by atoms with E-state index in [9.17, 15) is 9.59 Å². The summed E-state index contributed by atoms with van der Waals surface area (Å²) in [6.07, 6.45) is 2.08. The topological polar surface area (TPSA) is 75.4 Å². The average molecular weight is 420 g/mol. The van der Waals surface area contributed by atoms with Crippen molar-refractivity contribution in [2.24, 2.45) is 11.7 Å². The van der Waals surface area contributed by atoms with Gasteiger partial charge in [0.15, 0.2) is 0 Å². The molecule has 2 aromatic rings. The summed E-state index contributed by atoms with van der Waals surface area (Å²) in [5.41, 5.74) is 8.11. The normalized spacial score (nSPS) is 17.3. The maximum Gasteiger partial charge on any atom is 0.228 e. The first-order valence-corrected chi connectivity index (χ1v) is 10.0. The van der Waals surface area contributed by atoms with Gasteiger partial charge in [0, 0.05) is 18.8 Å². The summed E-state index contributed by atoms with van der Waals surface area (Å²) in [6, 6.07) is 12.9. The number of anilines is 1. The third-order valence-electron chi connectivity index (χ3n) is 4.90. The second-order valence-electron chi connectivity index (χ2n) is 7.15. The van der Waals surface area contributed by atoms with Crippen LogP contribution in [0.1, 0.15) is 24.0 Å². The van der Waals surface area contributed by atoms with Gasteiger partial charge in [-0.3, -0.25) is 14.5 Å². The standard InChI is InChI=1S/C21H23Cl2N3O2/c22-18-8-5-15(10-19(18)23)11-20(27)25-17-6-3-14(4-7-17)12-26-9-1-2-16(13-26)21(24)28/h3-8,10,16H,1-2,9,11-13H2,(H2,24,28)(H,25,27). The Morgan fingerprint density at radius 3 is 2.46 bits per heavy atom. The molecule has 1 aliphatic heterocycles. The van der Waals surface area contributed by atoms with Gasteiger partial charge in [-0.15, -0.1) is 0 Å². The number of hydrogen-bond acceptors (Lipinski definition) is 3. The molecule has 1 heterocycles. The minimum atomic E-state index is -0.218. The molecular weight excluding hydrogens is 397 g/mol. The van der Waals surface area contributed by atoms with Crippen molar-refractivity contribution in [3.05, 3.63) is 63.6 Å². The fraction of sp³-hybridized carbons (Fsp3) is 0.333. The Kier molecular flexibility index (Phi) is 6.94. The molecule has 0 aromatic heterocycles. The van der Waals surface area contributed by atoms with Crippen LogP contribution in [0.2, 0.25) is 10.0 Å². The second kappa shape index (κ2) is 9.41. The lowest BCUT2D eigenvalue weighted by Gasteiger charge is -2.31. The summed E-state index contributed by atoms with van der Waals surface area (Å²) in [7, 11) is 0. The van der Waals surface area contributed by atoms with E-state index in [4.69, 9.17) is 28.9 Å². The van der Waals surface area contributed by atoms with Crippen molar-refractivity contribution in [2.45, 2.75) is 25.8 Å². The Balaban J connectivity index is 1.53. The van der Waals surface area contributed by atoms with E-state index in [0.29, 0.717) is 16.6 Å². The van der Waals surface area contributed by atoms with Gasteiger partial charge in [0.05, 0.1) is 22.4 Å². The Hall–Kier alpha value is -2.08. The molecule has 0 saturated carbocycles. The number of primary amides is 1. The number of nitrogens with two attached hydrogens (primary N) is 1. The van der Waals surface area contributed by atoms with Crippen molar-refractivity contribution in [2.75, 3.05) is 18.4 Å². The lowest BCUT2D eigenvalue weighted by molar-refractivity contribution is -0.123. The lowest BCUT2D eigenvalue weighted by atomic mass is 9.97. The largest absolute Gasteiger partial charge is 0.369 e. The van der Waals surface area contributed by atoms with Crippen LogP contribution in [-0.2, 0) is 22.6 Å². The third kappa shape index (κ3) is 5.71. The summed E-state index contributed by atoms with van der Waals surface area (Å²) in [5, 5.41) is 3.79. The Bertz CT molecular complexity index is 855. The molecule has 1 atom stereocenters. The van der Waals surface area contributed by atoms with E-state index in [-0.39, 0.29) is 24.2 Å². The van der Waals surface area contributed by atoms with E-state index < -0.39 is 0 Å². The number of benzene rings is 2. The van der Waals surface area contributed by atoms with Gasteiger partial charge in [-0.25, -0.2) is 0 Å². The molecule has 3 rings (SSSR count). The molecule has 1 unspecified atom stereocenters. The molecule has 1 fully saturated rings. The third-order valence-corrected chi connectivity index (χ3v) is 5.64. The molecule has 0 spiro atoms. The molecule has 1 aliphatic rings. The van der Waals surface area contributed by atoms with Gasteiger partial charge in [-0.1, -0.05) is 41.4 Å². The van der Waals surface area contributed by atoms with Crippen LogP contribution < -0.4 is 11.1 Å². The number of amides is 2. The van der Waals surface area contributed by atoms with Crippen LogP contribution in [0.5, 0.6) is 0 Å². The summed E-state index contributed by atoms with van der Waals surface area (Å²) in [6.45, 7) is 2.44. The van der Waals surface area contributed by atoms with Gasteiger partial charge in [0.25, 0.3) is 0 Å². The predicted molar refractivity (Wildman–Crippen MR) is 112 cm³/mol. The molecule has 0 bridgehead atoms. The van der Waals surface area contributed by atoms with Crippen molar-refractivity contribution >= 4 is 40.7 Å². The molecule has 5 nitrogen and oxygen atoms in total. The minimum absolute atomic E-state index is 0.0614. The monoisotopic (exact) mass is 419 g/mol. The van der Waals surface area contributed by atoms with E-state index in [1.165, 1.54) is 0 Å². The van der Waals surface area contributed by atoms with Crippen molar-refractivity contribution in [1.82, 2.24) is 4.90 Å². The molecule has 0 radical (unpaired) electrons. The average Bonchev–Trinajstić information content (AvgIpc) is 2.66. The molecule has 1 saturated heterocycles.